The van der Waals surface area contributed by atoms with Gasteiger partial charge in [-0.05, 0) is 32.9 Å². The molecule has 1 N–H and O–H groups in total. The summed E-state index contributed by atoms with van der Waals surface area (Å²) in [6.07, 6.45) is 0. The number of nitrogens with zero attached hydrogens (tertiary/aromatic N) is 4. The lowest BCUT2D eigenvalue weighted by Crippen LogP contribution is -2.30. The minimum Gasteiger partial charge on any atom is -0.336 e. The fraction of sp³-hybridized carbons (Fsp3) is 0.238. The van der Waals surface area contributed by atoms with Crippen LogP contribution in [0.15, 0.2) is 47.0 Å². The maximum atomic E-state index is 13.2. The first-order valence-electron chi connectivity index (χ1n) is 9.07. The van der Waals surface area contributed by atoms with Gasteiger partial charge in [0.05, 0.1) is 34.1 Å². The van der Waals surface area contributed by atoms with Crippen molar-refractivity contribution in [1.82, 2.24) is 25.2 Å². The quantitative estimate of drug-likeness (QED) is 0.581. The molecule has 1 aromatic carbocycles. The predicted molar refractivity (Wildman–Crippen MR) is 106 cm³/mol. The molecule has 4 rings (SSSR count). The molecular formula is C21H21N5O2. The van der Waals surface area contributed by atoms with Crippen LogP contribution in [0.25, 0.3) is 22.4 Å². The van der Waals surface area contributed by atoms with E-state index in [0.29, 0.717) is 28.1 Å². The topological polar surface area (TPSA) is 87.9 Å². The van der Waals surface area contributed by atoms with Crippen LogP contribution in [0.1, 0.15) is 40.4 Å². The number of carbonyl (C=O) groups is 1. The van der Waals surface area contributed by atoms with Crippen LogP contribution in [0.2, 0.25) is 0 Å². The van der Waals surface area contributed by atoms with Crippen LogP contribution in [0.5, 0.6) is 0 Å². The third-order valence-electron chi connectivity index (χ3n) is 4.99. The van der Waals surface area contributed by atoms with Crippen molar-refractivity contribution in [2.75, 3.05) is 7.05 Å². The second-order valence-corrected chi connectivity index (χ2v) is 6.93. The molecule has 0 aliphatic carbocycles. The van der Waals surface area contributed by atoms with Crippen molar-refractivity contribution in [1.29, 1.82) is 0 Å². The smallest absolute Gasteiger partial charge is 0.258 e. The molecule has 3 heterocycles. The Labute approximate surface area is 162 Å². The lowest BCUT2D eigenvalue weighted by Gasteiger charge is -2.24. The monoisotopic (exact) mass is 375 g/mol. The number of hydrogen-bond acceptors (Lipinski definition) is 5. The van der Waals surface area contributed by atoms with E-state index in [9.17, 15) is 4.79 Å². The molecule has 142 valence electrons. The summed E-state index contributed by atoms with van der Waals surface area (Å²) in [7, 11) is 1.78. The van der Waals surface area contributed by atoms with Gasteiger partial charge < -0.3 is 9.42 Å². The molecule has 28 heavy (non-hydrogen) atoms. The van der Waals surface area contributed by atoms with Crippen molar-refractivity contribution in [3.05, 3.63) is 65.1 Å². The molecular weight excluding hydrogens is 354 g/mol. The largest absolute Gasteiger partial charge is 0.336 e. The molecule has 0 spiro atoms. The van der Waals surface area contributed by atoms with Gasteiger partial charge in [0.1, 0.15) is 0 Å². The Morgan fingerprint density at radius 2 is 1.93 bits per heavy atom. The second-order valence-electron chi connectivity index (χ2n) is 6.93. The first kappa shape index (κ1) is 17.9. The summed E-state index contributed by atoms with van der Waals surface area (Å²) in [4.78, 5) is 19.3. The number of aromatic amines is 1. The van der Waals surface area contributed by atoms with Crippen LogP contribution in [-0.4, -0.2) is 38.2 Å². The van der Waals surface area contributed by atoms with Crippen LogP contribution >= 0.6 is 0 Å². The number of fused-ring (bicyclic) bond motifs is 1. The van der Waals surface area contributed by atoms with Crippen LogP contribution in [0.3, 0.4) is 0 Å². The van der Waals surface area contributed by atoms with Crippen LogP contribution in [-0.2, 0) is 0 Å². The van der Waals surface area contributed by atoms with Crippen molar-refractivity contribution < 1.29 is 9.32 Å². The summed E-state index contributed by atoms with van der Waals surface area (Å²) < 4.78 is 5.25. The average Bonchev–Trinajstić information content (AvgIpc) is 3.34. The molecule has 0 radical (unpaired) electrons. The van der Waals surface area contributed by atoms with Gasteiger partial charge >= 0.3 is 0 Å². The molecule has 0 bridgehead atoms. The van der Waals surface area contributed by atoms with Gasteiger partial charge in [0, 0.05) is 18.3 Å². The van der Waals surface area contributed by atoms with Gasteiger partial charge in [-0.2, -0.15) is 5.10 Å². The van der Waals surface area contributed by atoms with Crippen LogP contribution < -0.4 is 0 Å². The molecule has 0 aliphatic rings. The number of nitrogens with one attached hydrogen (secondary N) is 1. The minimum atomic E-state index is -0.193. The Balaban J connectivity index is 1.65. The van der Waals surface area contributed by atoms with Crippen molar-refractivity contribution in [2.45, 2.75) is 26.8 Å². The number of aryl methyl sites for hydroxylation is 2. The first-order valence-corrected chi connectivity index (χ1v) is 9.07. The van der Waals surface area contributed by atoms with Gasteiger partial charge in [-0.25, -0.2) is 4.98 Å². The Bertz CT molecular complexity index is 1150. The first-order chi connectivity index (χ1) is 13.5. The van der Waals surface area contributed by atoms with E-state index >= 15 is 0 Å². The normalized spacial score (nSPS) is 12.3. The van der Waals surface area contributed by atoms with Crippen molar-refractivity contribution >= 4 is 17.0 Å². The van der Waals surface area contributed by atoms with Crippen LogP contribution in [0, 0.1) is 13.8 Å². The SMILES string of the molecule is Cc1cc(C(=O)N(C)C(C)c2cc(-c3ccccc3)n[nH]2)c2c(C)noc2n1. The molecule has 4 aromatic rings. The van der Waals surface area contributed by atoms with Gasteiger partial charge in [-0.1, -0.05) is 35.5 Å². The summed E-state index contributed by atoms with van der Waals surface area (Å²) in [6.45, 7) is 5.61. The molecule has 0 saturated heterocycles. The van der Waals surface area contributed by atoms with Gasteiger partial charge in [-0.3, -0.25) is 9.89 Å². The molecule has 0 fully saturated rings. The number of H-pyrrole nitrogens is 1. The maximum Gasteiger partial charge on any atom is 0.258 e. The molecule has 3 aromatic heterocycles. The molecule has 7 nitrogen and oxygen atoms in total. The highest BCUT2D eigenvalue weighted by molar-refractivity contribution is 6.06. The summed E-state index contributed by atoms with van der Waals surface area (Å²) in [5.74, 6) is -0.120. The summed E-state index contributed by atoms with van der Waals surface area (Å²) in [5, 5.41) is 12.1. The summed E-state index contributed by atoms with van der Waals surface area (Å²) >= 11 is 0. The lowest BCUT2D eigenvalue weighted by molar-refractivity contribution is 0.0741. The van der Waals surface area contributed by atoms with E-state index in [0.717, 1.165) is 17.0 Å². The van der Waals surface area contributed by atoms with Gasteiger partial charge in [-0.15, -0.1) is 0 Å². The lowest BCUT2D eigenvalue weighted by atomic mass is 10.1. The van der Waals surface area contributed by atoms with Crippen LogP contribution in [0.4, 0.5) is 0 Å². The Morgan fingerprint density at radius 1 is 1.18 bits per heavy atom. The zero-order valence-electron chi connectivity index (χ0n) is 16.2. The van der Waals surface area contributed by atoms with Gasteiger partial charge in [0.15, 0.2) is 0 Å². The van der Waals surface area contributed by atoms with Crippen molar-refractivity contribution in [2.24, 2.45) is 0 Å². The molecule has 0 aliphatic heterocycles. The highest BCUT2D eigenvalue weighted by Gasteiger charge is 2.25. The molecule has 7 heteroatoms. The molecule has 0 saturated carbocycles. The molecule has 1 amide bonds. The second kappa shape index (κ2) is 6.92. The fourth-order valence-corrected chi connectivity index (χ4v) is 3.27. The number of hydrogen-bond donors (Lipinski definition) is 1. The molecule has 1 unspecified atom stereocenters. The number of benzene rings is 1. The van der Waals surface area contributed by atoms with Gasteiger partial charge in [0.25, 0.3) is 11.6 Å². The fourth-order valence-electron chi connectivity index (χ4n) is 3.27. The zero-order chi connectivity index (χ0) is 19.8. The third-order valence-corrected chi connectivity index (χ3v) is 4.99. The Kier molecular flexibility index (Phi) is 4.43. The van der Waals surface area contributed by atoms with E-state index in [1.807, 2.05) is 57.2 Å². The highest BCUT2D eigenvalue weighted by Crippen LogP contribution is 2.27. The number of rotatable bonds is 4. The standard InChI is InChI=1S/C21H21N5O2/c1-12-10-16(19-13(2)25-28-20(19)22-12)21(27)26(4)14(3)17-11-18(24-23-17)15-8-6-5-7-9-15/h5-11,14H,1-4H3,(H,23,24). The summed E-state index contributed by atoms with van der Waals surface area (Å²) in [6, 6.07) is 13.5. The highest BCUT2D eigenvalue weighted by atomic mass is 16.5. The van der Waals surface area contributed by atoms with E-state index in [4.69, 9.17) is 4.52 Å². The van der Waals surface area contributed by atoms with Crippen molar-refractivity contribution in [3.8, 4) is 11.3 Å². The van der Waals surface area contributed by atoms with E-state index in [-0.39, 0.29) is 11.9 Å². The Hall–Kier alpha value is -3.48. The van der Waals surface area contributed by atoms with E-state index in [1.165, 1.54) is 0 Å². The predicted octanol–water partition coefficient (Wildman–Crippen LogP) is 4.06. The van der Waals surface area contributed by atoms with E-state index in [2.05, 4.69) is 20.3 Å². The van der Waals surface area contributed by atoms with Gasteiger partial charge in [0.2, 0.25) is 0 Å². The number of carbonyl (C=O) groups excluding carboxylic acids is 1. The maximum absolute atomic E-state index is 13.2. The van der Waals surface area contributed by atoms with E-state index in [1.54, 1.807) is 18.0 Å². The summed E-state index contributed by atoms with van der Waals surface area (Å²) in [5.41, 5.74) is 5.02. The zero-order valence-corrected chi connectivity index (χ0v) is 16.2. The Morgan fingerprint density at radius 3 is 2.68 bits per heavy atom. The third kappa shape index (κ3) is 3.05. The minimum absolute atomic E-state index is 0.120. The average molecular weight is 375 g/mol. The number of aromatic nitrogens is 4. The number of pyridine rings is 1. The van der Waals surface area contributed by atoms with Crippen molar-refractivity contribution in [3.63, 3.8) is 0 Å². The molecule has 1 atom stereocenters. The van der Waals surface area contributed by atoms with E-state index < -0.39 is 0 Å². The number of amides is 1.